The van der Waals surface area contributed by atoms with Crippen LogP contribution in [0.15, 0.2) is 47.5 Å². The minimum Gasteiger partial charge on any atom is -0.497 e. The SMILES string of the molecule is C=Nc1ccc(OC)cc1/C(=C\C)CC[C@H]1OC[C@H](NC(=O)c2ccc3c(c2)OCCO3)CO1. The number of hydrogen-bond donors (Lipinski definition) is 1. The van der Waals surface area contributed by atoms with Gasteiger partial charge >= 0.3 is 0 Å². The van der Waals surface area contributed by atoms with E-state index in [2.05, 4.69) is 23.1 Å². The summed E-state index contributed by atoms with van der Waals surface area (Å²) in [6, 6.07) is 10.7. The van der Waals surface area contributed by atoms with Crippen LogP contribution in [0.1, 0.15) is 35.7 Å². The van der Waals surface area contributed by atoms with Crippen LogP contribution in [0.5, 0.6) is 17.2 Å². The summed E-state index contributed by atoms with van der Waals surface area (Å²) in [6.45, 7) is 7.41. The number of benzene rings is 2. The van der Waals surface area contributed by atoms with Crippen molar-refractivity contribution < 1.29 is 28.5 Å². The van der Waals surface area contributed by atoms with Gasteiger partial charge in [0.2, 0.25) is 0 Å². The quantitative estimate of drug-likeness (QED) is 0.588. The largest absolute Gasteiger partial charge is 0.497 e. The minimum atomic E-state index is -0.344. The third-order valence-electron chi connectivity index (χ3n) is 5.82. The standard InChI is InChI=1S/C26H30N2O6/c1-4-17(21-14-20(30-3)7-8-22(21)27-2)6-10-25-33-15-19(16-34-25)28-26(29)18-5-9-23-24(13-18)32-12-11-31-23/h4-5,7-9,13-14,19,25H,2,6,10-12,15-16H2,1,3H3,(H,28,29)/b17-4-/t19-,25-. The van der Waals surface area contributed by atoms with Crippen molar-refractivity contribution in [3.05, 3.63) is 53.6 Å². The van der Waals surface area contributed by atoms with Gasteiger partial charge in [-0.2, -0.15) is 0 Å². The summed E-state index contributed by atoms with van der Waals surface area (Å²) in [6.07, 6.45) is 3.13. The van der Waals surface area contributed by atoms with Gasteiger partial charge in [-0.05, 0) is 62.0 Å². The molecule has 2 heterocycles. The Morgan fingerprint density at radius 2 is 1.91 bits per heavy atom. The molecule has 2 aromatic rings. The van der Waals surface area contributed by atoms with E-state index >= 15 is 0 Å². The van der Waals surface area contributed by atoms with Gasteiger partial charge in [0.05, 0.1) is 32.1 Å². The third-order valence-corrected chi connectivity index (χ3v) is 5.82. The van der Waals surface area contributed by atoms with Crippen LogP contribution < -0.4 is 19.5 Å². The monoisotopic (exact) mass is 466 g/mol. The van der Waals surface area contributed by atoms with E-state index in [9.17, 15) is 4.79 Å². The Morgan fingerprint density at radius 1 is 1.15 bits per heavy atom. The molecule has 1 amide bonds. The molecule has 2 aromatic carbocycles. The van der Waals surface area contributed by atoms with Crippen LogP contribution in [-0.4, -0.2) is 58.5 Å². The highest BCUT2D eigenvalue weighted by Crippen LogP contribution is 2.33. The summed E-state index contributed by atoms with van der Waals surface area (Å²) in [5.41, 5.74) is 3.41. The summed E-state index contributed by atoms with van der Waals surface area (Å²) < 4.78 is 28.2. The zero-order valence-electron chi connectivity index (χ0n) is 19.5. The lowest BCUT2D eigenvalue weighted by Gasteiger charge is -2.30. The molecule has 0 atom stereocenters. The van der Waals surface area contributed by atoms with Gasteiger partial charge in [0.15, 0.2) is 17.8 Å². The van der Waals surface area contributed by atoms with E-state index in [-0.39, 0.29) is 18.2 Å². The fourth-order valence-corrected chi connectivity index (χ4v) is 3.99. The fraction of sp³-hybridized carbons (Fsp3) is 0.385. The van der Waals surface area contributed by atoms with Crippen molar-refractivity contribution in [2.45, 2.75) is 32.1 Å². The Bertz CT molecular complexity index is 1060. The second kappa shape index (κ2) is 11.2. The predicted molar refractivity (Wildman–Crippen MR) is 129 cm³/mol. The summed E-state index contributed by atoms with van der Waals surface area (Å²) in [4.78, 5) is 16.8. The van der Waals surface area contributed by atoms with Crippen molar-refractivity contribution in [3.63, 3.8) is 0 Å². The van der Waals surface area contributed by atoms with Crippen LogP contribution in [0.25, 0.3) is 5.57 Å². The van der Waals surface area contributed by atoms with E-state index in [1.54, 1.807) is 25.3 Å². The van der Waals surface area contributed by atoms with Gasteiger partial charge < -0.3 is 29.0 Å². The van der Waals surface area contributed by atoms with Crippen molar-refractivity contribution in [1.82, 2.24) is 5.32 Å². The molecule has 0 unspecified atom stereocenters. The topological polar surface area (TPSA) is 87.6 Å². The molecule has 1 fully saturated rings. The number of methoxy groups -OCH3 is 1. The first-order chi connectivity index (χ1) is 16.6. The highest BCUT2D eigenvalue weighted by atomic mass is 16.7. The molecular formula is C26H30N2O6. The average molecular weight is 467 g/mol. The normalized spacial score (nSPS) is 19.9. The molecule has 0 radical (unpaired) electrons. The molecule has 0 bridgehead atoms. The fourth-order valence-electron chi connectivity index (χ4n) is 3.99. The van der Waals surface area contributed by atoms with E-state index in [4.69, 9.17) is 23.7 Å². The lowest BCUT2D eigenvalue weighted by atomic mass is 9.98. The maximum Gasteiger partial charge on any atom is 0.251 e. The van der Waals surface area contributed by atoms with E-state index in [1.807, 2.05) is 25.1 Å². The van der Waals surface area contributed by atoms with Gasteiger partial charge in [-0.1, -0.05) is 6.08 Å². The van der Waals surface area contributed by atoms with Crippen molar-refractivity contribution in [3.8, 4) is 17.2 Å². The van der Waals surface area contributed by atoms with Gasteiger partial charge in [-0.3, -0.25) is 9.79 Å². The van der Waals surface area contributed by atoms with Crippen molar-refractivity contribution >= 4 is 23.9 Å². The Kier molecular flexibility index (Phi) is 7.82. The number of carbonyl (C=O) groups is 1. The molecule has 180 valence electrons. The van der Waals surface area contributed by atoms with Crippen LogP contribution in [0.4, 0.5) is 5.69 Å². The molecule has 2 aliphatic heterocycles. The number of aliphatic imine (C=N–C) groups is 1. The second-order valence-corrected chi connectivity index (χ2v) is 8.02. The van der Waals surface area contributed by atoms with Crippen LogP contribution >= 0.6 is 0 Å². The van der Waals surface area contributed by atoms with Crippen LogP contribution in [-0.2, 0) is 9.47 Å². The lowest BCUT2D eigenvalue weighted by Crippen LogP contribution is -2.47. The van der Waals surface area contributed by atoms with Crippen LogP contribution in [0, 0.1) is 0 Å². The molecule has 8 nitrogen and oxygen atoms in total. The number of amides is 1. The molecule has 1 N–H and O–H groups in total. The van der Waals surface area contributed by atoms with Crippen LogP contribution in [0.2, 0.25) is 0 Å². The molecule has 0 aliphatic carbocycles. The molecule has 0 aromatic heterocycles. The first kappa shape index (κ1) is 23.8. The predicted octanol–water partition coefficient (Wildman–Crippen LogP) is 4.15. The van der Waals surface area contributed by atoms with E-state index in [0.29, 0.717) is 49.9 Å². The number of rotatable bonds is 8. The number of carbonyl (C=O) groups excluding carboxylic acids is 1. The number of nitrogens with one attached hydrogen (secondary N) is 1. The van der Waals surface area contributed by atoms with Gasteiger partial charge in [-0.25, -0.2) is 0 Å². The Hall–Kier alpha value is -3.36. The Morgan fingerprint density at radius 3 is 2.62 bits per heavy atom. The molecule has 34 heavy (non-hydrogen) atoms. The summed E-state index contributed by atoms with van der Waals surface area (Å²) in [5.74, 6) is 1.80. The molecule has 0 spiro atoms. The second-order valence-electron chi connectivity index (χ2n) is 8.02. The summed E-state index contributed by atoms with van der Waals surface area (Å²) in [5, 5.41) is 2.96. The smallest absolute Gasteiger partial charge is 0.251 e. The van der Waals surface area contributed by atoms with E-state index < -0.39 is 0 Å². The van der Waals surface area contributed by atoms with Crippen molar-refractivity contribution in [2.75, 3.05) is 33.5 Å². The number of hydrogen-bond acceptors (Lipinski definition) is 7. The van der Waals surface area contributed by atoms with Gasteiger partial charge in [0, 0.05) is 17.5 Å². The van der Waals surface area contributed by atoms with Crippen LogP contribution in [0.3, 0.4) is 0 Å². The number of allylic oxidation sites excluding steroid dienone is 2. The molecular weight excluding hydrogens is 436 g/mol. The maximum atomic E-state index is 12.7. The highest BCUT2D eigenvalue weighted by Gasteiger charge is 2.25. The zero-order valence-corrected chi connectivity index (χ0v) is 19.5. The zero-order chi connectivity index (χ0) is 23.9. The molecule has 1 saturated heterocycles. The molecule has 4 rings (SSSR count). The van der Waals surface area contributed by atoms with E-state index in [1.165, 1.54) is 0 Å². The van der Waals surface area contributed by atoms with Crippen molar-refractivity contribution in [2.24, 2.45) is 4.99 Å². The molecule has 0 saturated carbocycles. The third kappa shape index (κ3) is 5.58. The first-order valence-corrected chi connectivity index (χ1v) is 11.3. The van der Waals surface area contributed by atoms with E-state index in [0.717, 1.165) is 29.0 Å². The average Bonchev–Trinajstić information content (AvgIpc) is 2.89. The number of ether oxygens (including phenoxy) is 5. The summed E-state index contributed by atoms with van der Waals surface area (Å²) >= 11 is 0. The Balaban J connectivity index is 1.28. The highest BCUT2D eigenvalue weighted by molar-refractivity contribution is 5.95. The van der Waals surface area contributed by atoms with Gasteiger partial charge in [-0.15, -0.1) is 0 Å². The van der Waals surface area contributed by atoms with Crippen molar-refractivity contribution in [1.29, 1.82) is 0 Å². The minimum absolute atomic E-state index is 0.202. The maximum absolute atomic E-state index is 12.7. The first-order valence-electron chi connectivity index (χ1n) is 11.3. The van der Waals surface area contributed by atoms with Gasteiger partial charge in [0.1, 0.15) is 19.0 Å². The number of nitrogens with zero attached hydrogens (tertiary/aromatic N) is 1. The summed E-state index contributed by atoms with van der Waals surface area (Å²) in [7, 11) is 1.64. The Labute approximate surface area is 199 Å². The molecule has 8 heteroatoms. The lowest BCUT2D eigenvalue weighted by molar-refractivity contribution is -0.190. The number of fused-ring (bicyclic) bond motifs is 1. The molecule has 2 aliphatic rings. The van der Waals surface area contributed by atoms with Gasteiger partial charge in [0.25, 0.3) is 5.91 Å².